The number of benzene rings is 1. The molecule has 2 atom stereocenters. The molecule has 19 heavy (non-hydrogen) atoms. The van der Waals surface area contributed by atoms with Crippen LogP contribution in [0.4, 0.5) is 8.78 Å². The van der Waals surface area contributed by atoms with Gasteiger partial charge in [0.25, 0.3) is 0 Å². The summed E-state index contributed by atoms with van der Waals surface area (Å²) in [6.07, 6.45) is -0.277. The van der Waals surface area contributed by atoms with Crippen molar-refractivity contribution in [3.63, 3.8) is 0 Å². The SMILES string of the molecule is CC(CS(C)(=O)=O)NCC(O)c1c(F)cccc1F. The highest BCUT2D eigenvalue weighted by Crippen LogP contribution is 2.20. The molecule has 2 unspecified atom stereocenters. The van der Waals surface area contributed by atoms with Gasteiger partial charge in [-0.25, -0.2) is 17.2 Å². The first-order valence-electron chi connectivity index (χ1n) is 5.74. The summed E-state index contributed by atoms with van der Waals surface area (Å²) >= 11 is 0. The van der Waals surface area contributed by atoms with Crippen molar-refractivity contribution in [2.24, 2.45) is 0 Å². The van der Waals surface area contributed by atoms with Crippen molar-refractivity contribution in [3.05, 3.63) is 35.4 Å². The van der Waals surface area contributed by atoms with Gasteiger partial charge in [-0.15, -0.1) is 0 Å². The summed E-state index contributed by atoms with van der Waals surface area (Å²) in [5.41, 5.74) is -0.415. The average Bonchev–Trinajstić information content (AvgIpc) is 2.23. The van der Waals surface area contributed by atoms with Crippen LogP contribution in [-0.2, 0) is 9.84 Å². The summed E-state index contributed by atoms with van der Waals surface area (Å²) in [5, 5.41) is 12.5. The van der Waals surface area contributed by atoms with Gasteiger partial charge in [-0.3, -0.25) is 0 Å². The van der Waals surface area contributed by atoms with Crippen LogP contribution < -0.4 is 5.32 Å². The average molecular weight is 293 g/mol. The van der Waals surface area contributed by atoms with E-state index in [2.05, 4.69) is 5.32 Å². The highest BCUT2D eigenvalue weighted by atomic mass is 32.2. The minimum atomic E-state index is -3.14. The molecule has 7 heteroatoms. The molecular weight excluding hydrogens is 276 g/mol. The van der Waals surface area contributed by atoms with E-state index in [4.69, 9.17) is 0 Å². The Labute approximate surface area is 111 Å². The quantitative estimate of drug-likeness (QED) is 0.822. The highest BCUT2D eigenvalue weighted by molar-refractivity contribution is 7.90. The normalized spacial score (nSPS) is 15.2. The van der Waals surface area contributed by atoms with Crippen LogP contribution in [0.15, 0.2) is 18.2 Å². The molecule has 1 aromatic carbocycles. The second-order valence-electron chi connectivity index (χ2n) is 4.55. The molecule has 0 bridgehead atoms. The van der Waals surface area contributed by atoms with Crippen LogP contribution in [0, 0.1) is 11.6 Å². The number of hydrogen-bond acceptors (Lipinski definition) is 4. The fraction of sp³-hybridized carbons (Fsp3) is 0.500. The van der Waals surface area contributed by atoms with Crippen LogP contribution in [0.25, 0.3) is 0 Å². The lowest BCUT2D eigenvalue weighted by Gasteiger charge is -2.17. The molecule has 0 spiro atoms. The van der Waals surface area contributed by atoms with E-state index in [0.29, 0.717) is 0 Å². The van der Waals surface area contributed by atoms with Crippen molar-refractivity contribution in [3.8, 4) is 0 Å². The largest absolute Gasteiger partial charge is 0.387 e. The van der Waals surface area contributed by atoms with Crippen LogP contribution in [0.5, 0.6) is 0 Å². The Kier molecular flexibility index (Phi) is 5.39. The van der Waals surface area contributed by atoms with Gasteiger partial charge >= 0.3 is 0 Å². The first-order valence-corrected chi connectivity index (χ1v) is 7.80. The Morgan fingerprint density at radius 2 is 1.84 bits per heavy atom. The summed E-state index contributed by atoms with van der Waals surface area (Å²) in [6.45, 7) is 1.49. The number of halogens is 2. The van der Waals surface area contributed by atoms with Crippen molar-refractivity contribution in [2.75, 3.05) is 18.6 Å². The molecule has 0 saturated heterocycles. The fourth-order valence-corrected chi connectivity index (χ4v) is 2.78. The summed E-state index contributed by atoms with van der Waals surface area (Å²) in [5.74, 6) is -1.77. The van der Waals surface area contributed by atoms with Gasteiger partial charge < -0.3 is 10.4 Å². The van der Waals surface area contributed by atoms with E-state index in [0.717, 1.165) is 18.4 Å². The maximum atomic E-state index is 13.4. The Morgan fingerprint density at radius 1 is 1.32 bits per heavy atom. The van der Waals surface area contributed by atoms with Crippen LogP contribution in [-0.4, -0.2) is 38.1 Å². The van der Waals surface area contributed by atoms with E-state index in [9.17, 15) is 22.3 Å². The van der Waals surface area contributed by atoms with Crippen molar-refractivity contribution >= 4 is 9.84 Å². The standard InChI is InChI=1S/C12H17F2NO3S/c1-8(7-19(2,17)18)15-6-11(16)12-9(13)4-3-5-10(12)14/h3-5,8,11,15-16H,6-7H2,1-2H3. The molecule has 0 amide bonds. The van der Waals surface area contributed by atoms with Gasteiger partial charge in [0.2, 0.25) is 0 Å². The van der Waals surface area contributed by atoms with Crippen molar-refractivity contribution in [2.45, 2.75) is 19.1 Å². The van der Waals surface area contributed by atoms with Gasteiger partial charge in [0.05, 0.1) is 17.4 Å². The fourth-order valence-electron chi connectivity index (χ4n) is 1.76. The molecule has 1 aromatic rings. The van der Waals surface area contributed by atoms with Gasteiger partial charge in [-0.1, -0.05) is 6.07 Å². The molecule has 0 aliphatic carbocycles. The van der Waals surface area contributed by atoms with E-state index >= 15 is 0 Å². The van der Waals surface area contributed by atoms with Gasteiger partial charge in [-0.05, 0) is 19.1 Å². The van der Waals surface area contributed by atoms with Crippen LogP contribution >= 0.6 is 0 Å². The third-order valence-corrected chi connectivity index (χ3v) is 3.65. The Bertz CT molecular complexity index is 514. The van der Waals surface area contributed by atoms with Crippen LogP contribution in [0.1, 0.15) is 18.6 Å². The van der Waals surface area contributed by atoms with Crippen LogP contribution in [0.2, 0.25) is 0 Å². The molecular formula is C12H17F2NO3S. The summed E-state index contributed by atoms with van der Waals surface area (Å²) < 4.78 is 48.8. The number of nitrogens with one attached hydrogen (secondary N) is 1. The first-order chi connectivity index (χ1) is 8.70. The highest BCUT2D eigenvalue weighted by Gasteiger charge is 2.19. The number of hydrogen-bond donors (Lipinski definition) is 2. The Hall–Kier alpha value is -1.05. The molecule has 2 N–H and O–H groups in total. The molecule has 0 aliphatic rings. The van der Waals surface area contributed by atoms with E-state index in [1.165, 1.54) is 6.07 Å². The molecule has 0 aliphatic heterocycles. The summed E-state index contributed by atoms with van der Waals surface area (Å²) in [6, 6.07) is 2.91. The molecule has 0 heterocycles. The number of aliphatic hydroxyl groups is 1. The van der Waals surface area contributed by atoms with Gasteiger partial charge in [0, 0.05) is 18.8 Å². The molecule has 0 radical (unpaired) electrons. The number of sulfone groups is 1. The lowest BCUT2D eigenvalue weighted by atomic mass is 10.1. The minimum absolute atomic E-state index is 0.112. The second kappa shape index (κ2) is 6.40. The van der Waals surface area contributed by atoms with Gasteiger partial charge in [0.15, 0.2) is 0 Å². The van der Waals surface area contributed by atoms with Gasteiger partial charge in [0.1, 0.15) is 21.5 Å². The lowest BCUT2D eigenvalue weighted by Crippen LogP contribution is -2.35. The zero-order valence-electron chi connectivity index (χ0n) is 10.7. The Balaban J connectivity index is 2.63. The smallest absolute Gasteiger partial charge is 0.148 e. The van der Waals surface area contributed by atoms with Crippen molar-refractivity contribution in [1.82, 2.24) is 5.32 Å². The molecule has 4 nitrogen and oxygen atoms in total. The predicted molar refractivity (Wildman–Crippen MR) is 68.5 cm³/mol. The topological polar surface area (TPSA) is 66.4 Å². The van der Waals surface area contributed by atoms with Gasteiger partial charge in [-0.2, -0.15) is 0 Å². The summed E-state index contributed by atoms with van der Waals surface area (Å²) in [4.78, 5) is 0. The van der Waals surface area contributed by atoms with Crippen LogP contribution in [0.3, 0.4) is 0 Å². The third-order valence-electron chi connectivity index (χ3n) is 2.55. The van der Waals surface area contributed by atoms with Crippen molar-refractivity contribution < 1.29 is 22.3 Å². The molecule has 0 fully saturated rings. The molecule has 0 saturated carbocycles. The number of rotatable bonds is 6. The maximum Gasteiger partial charge on any atom is 0.148 e. The zero-order chi connectivity index (χ0) is 14.6. The van der Waals surface area contributed by atoms with E-state index < -0.39 is 39.2 Å². The predicted octanol–water partition coefficient (Wildman–Crippen LogP) is 1.02. The van der Waals surface area contributed by atoms with E-state index in [1.54, 1.807) is 6.92 Å². The number of aliphatic hydroxyl groups excluding tert-OH is 1. The Morgan fingerprint density at radius 3 is 2.32 bits per heavy atom. The van der Waals surface area contributed by atoms with E-state index in [-0.39, 0.29) is 12.3 Å². The zero-order valence-corrected chi connectivity index (χ0v) is 11.5. The van der Waals surface area contributed by atoms with E-state index in [1.807, 2.05) is 0 Å². The second-order valence-corrected chi connectivity index (χ2v) is 6.74. The molecule has 1 rings (SSSR count). The lowest BCUT2D eigenvalue weighted by molar-refractivity contribution is 0.162. The maximum absolute atomic E-state index is 13.4. The third kappa shape index (κ3) is 5.22. The molecule has 108 valence electrons. The summed E-state index contributed by atoms with van der Waals surface area (Å²) in [7, 11) is -3.14. The monoisotopic (exact) mass is 293 g/mol. The minimum Gasteiger partial charge on any atom is -0.387 e. The molecule has 0 aromatic heterocycles. The first kappa shape index (κ1) is 16.0. The van der Waals surface area contributed by atoms with Crippen molar-refractivity contribution in [1.29, 1.82) is 0 Å².